The fourth-order valence-corrected chi connectivity index (χ4v) is 2.47. The number of halogens is 3. The number of aromatic nitrogens is 2. The van der Waals surface area contributed by atoms with Crippen LogP contribution in [0.5, 0.6) is 5.88 Å². The number of rotatable bonds is 7. The van der Waals surface area contributed by atoms with Gasteiger partial charge in [-0.1, -0.05) is 13.0 Å². The summed E-state index contributed by atoms with van der Waals surface area (Å²) in [5.74, 6) is -0.994. The van der Waals surface area contributed by atoms with Crippen LogP contribution in [-0.4, -0.2) is 35.6 Å². The van der Waals surface area contributed by atoms with Crippen molar-refractivity contribution in [1.29, 1.82) is 5.26 Å². The van der Waals surface area contributed by atoms with Gasteiger partial charge in [0.2, 0.25) is 17.7 Å². The number of nitrogens with one attached hydrogen (secondary N) is 1. The van der Waals surface area contributed by atoms with Gasteiger partial charge in [0.15, 0.2) is 11.4 Å². The summed E-state index contributed by atoms with van der Waals surface area (Å²) in [6.45, 7) is 3.65. The number of nitrogens with two attached hydrogens (primary N) is 1. The topological polar surface area (TPSA) is 117 Å². The Morgan fingerprint density at radius 3 is 2.70 bits per heavy atom. The number of nitrogen functional groups attached to an aromatic ring is 1. The molecule has 1 aromatic carbocycles. The molecule has 11 heteroatoms. The van der Waals surface area contributed by atoms with Gasteiger partial charge in [-0.05, 0) is 31.5 Å². The number of carbonyl (C=O) groups is 1. The molecular weight excluding hydrogens is 401 g/mol. The predicted molar refractivity (Wildman–Crippen MR) is 105 cm³/mol. The Hall–Kier alpha value is -3.55. The second-order valence-corrected chi connectivity index (χ2v) is 6.40. The number of hydrogen-bond donors (Lipinski definition) is 2. The van der Waals surface area contributed by atoms with Gasteiger partial charge in [0.25, 0.3) is 0 Å². The van der Waals surface area contributed by atoms with Crippen molar-refractivity contribution in [2.24, 2.45) is 0 Å². The van der Waals surface area contributed by atoms with Crippen LogP contribution >= 0.6 is 0 Å². The molecule has 1 amide bonds. The van der Waals surface area contributed by atoms with E-state index in [9.17, 15) is 23.2 Å². The third-order valence-electron chi connectivity index (χ3n) is 4.23. The lowest BCUT2D eigenvalue weighted by Gasteiger charge is -2.26. The lowest BCUT2D eigenvalue weighted by molar-refractivity contribution is -0.137. The summed E-state index contributed by atoms with van der Waals surface area (Å²) in [5, 5.41) is 11.9. The number of hydrogen-bond acceptors (Lipinski definition) is 7. The minimum absolute atomic E-state index is 0.0546. The van der Waals surface area contributed by atoms with Crippen molar-refractivity contribution < 1.29 is 22.7 Å². The second kappa shape index (κ2) is 9.30. The molecule has 2 rings (SSSR count). The van der Waals surface area contributed by atoms with E-state index in [2.05, 4.69) is 15.3 Å². The number of alkyl halides is 3. The van der Waals surface area contributed by atoms with Crippen molar-refractivity contribution in [2.75, 3.05) is 29.6 Å². The van der Waals surface area contributed by atoms with Gasteiger partial charge in [-0.15, -0.1) is 0 Å². The molecule has 0 saturated carbocycles. The minimum atomic E-state index is -4.50. The van der Waals surface area contributed by atoms with E-state index in [0.29, 0.717) is 6.42 Å². The van der Waals surface area contributed by atoms with Crippen LogP contribution in [0.3, 0.4) is 0 Å². The molecule has 0 bridgehead atoms. The molecule has 0 aliphatic heterocycles. The van der Waals surface area contributed by atoms with Crippen LogP contribution in [0.15, 0.2) is 24.3 Å². The summed E-state index contributed by atoms with van der Waals surface area (Å²) < 4.78 is 44.3. The highest BCUT2D eigenvalue weighted by atomic mass is 19.4. The number of amides is 1. The zero-order chi connectivity index (χ0) is 22.5. The Labute approximate surface area is 171 Å². The Balaban J connectivity index is 2.26. The molecule has 1 atom stereocenters. The van der Waals surface area contributed by atoms with Crippen LogP contribution in [0.1, 0.15) is 31.4 Å². The first-order valence-corrected chi connectivity index (χ1v) is 8.99. The second-order valence-electron chi connectivity index (χ2n) is 6.40. The maximum Gasteiger partial charge on any atom is 0.416 e. The normalized spacial score (nSPS) is 12.0. The highest BCUT2D eigenvalue weighted by Crippen LogP contribution is 2.32. The van der Waals surface area contributed by atoms with E-state index in [1.807, 2.05) is 13.0 Å². The fourth-order valence-electron chi connectivity index (χ4n) is 2.47. The van der Waals surface area contributed by atoms with Crippen molar-refractivity contribution in [3.63, 3.8) is 0 Å². The van der Waals surface area contributed by atoms with Crippen LogP contribution in [0, 0.1) is 11.3 Å². The molecule has 0 unspecified atom stereocenters. The maximum absolute atomic E-state index is 13.0. The number of likely N-dealkylation sites (N-methyl/N-ethyl adjacent to an activating group) is 1. The lowest BCUT2D eigenvalue weighted by Crippen LogP contribution is -2.40. The molecule has 0 saturated heterocycles. The zero-order valence-corrected chi connectivity index (χ0v) is 16.6. The quantitative estimate of drug-likeness (QED) is 0.704. The summed E-state index contributed by atoms with van der Waals surface area (Å²) in [6.07, 6.45) is -3.84. The Kier molecular flexibility index (Phi) is 7.05. The Morgan fingerprint density at radius 2 is 2.10 bits per heavy atom. The largest absolute Gasteiger partial charge is 0.477 e. The predicted octanol–water partition coefficient (Wildman–Crippen LogP) is 3.20. The Morgan fingerprint density at radius 1 is 1.40 bits per heavy atom. The first-order chi connectivity index (χ1) is 14.1. The average Bonchev–Trinajstić information content (AvgIpc) is 2.70. The monoisotopic (exact) mass is 422 g/mol. The van der Waals surface area contributed by atoms with E-state index in [0.717, 1.165) is 12.1 Å². The number of anilines is 3. The van der Waals surface area contributed by atoms with E-state index < -0.39 is 23.7 Å². The van der Waals surface area contributed by atoms with Gasteiger partial charge in [-0.3, -0.25) is 4.79 Å². The molecule has 2 aromatic rings. The van der Waals surface area contributed by atoms with Crippen molar-refractivity contribution >= 4 is 23.4 Å². The smallest absolute Gasteiger partial charge is 0.416 e. The molecule has 1 heterocycles. The summed E-state index contributed by atoms with van der Waals surface area (Å²) in [5.41, 5.74) is 4.91. The highest BCUT2D eigenvalue weighted by Gasteiger charge is 2.31. The molecule has 160 valence electrons. The van der Waals surface area contributed by atoms with Crippen molar-refractivity contribution in [1.82, 2.24) is 9.97 Å². The van der Waals surface area contributed by atoms with E-state index in [4.69, 9.17) is 10.5 Å². The molecule has 3 N–H and O–H groups in total. The maximum atomic E-state index is 13.0. The van der Waals surface area contributed by atoms with Gasteiger partial charge >= 0.3 is 6.18 Å². The van der Waals surface area contributed by atoms with E-state index in [-0.39, 0.29) is 35.5 Å². The van der Waals surface area contributed by atoms with Crippen LogP contribution in [0.25, 0.3) is 0 Å². The number of carbonyl (C=O) groups excluding carboxylic acids is 1. The summed E-state index contributed by atoms with van der Waals surface area (Å²) in [6, 6.07) is 5.59. The van der Waals surface area contributed by atoms with Gasteiger partial charge in [-0.25, -0.2) is 0 Å². The van der Waals surface area contributed by atoms with Gasteiger partial charge < -0.3 is 20.7 Å². The number of ether oxygens (including phenoxy) is 1. The van der Waals surface area contributed by atoms with E-state index in [1.54, 1.807) is 0 Å². The SMILES string of the molecule is CCCOc1nc(N)nc(NC(=O)[C@H](C)N(C)c2cccc(C(F)(F)F)c2)c1C#N. The molecule has 0 aliphatic rings. The molecule has 1 aromatic heterocycles. The molecular formula is C19H21F3N6O2. The van der Waals surface area contributed by atoms with Gasteiger partial charge in [0, 0.05) is 12.7 Å². The molecule has 0 fully saturated rings. The Bertz CT molecular complexity index is 958. The minimum Gasteiger partial charge on any atom is -0.477 e. The molecule has 0 aliphatic carbocycles. The molecule has 0 radical (unpaired) electrons. The fraction of sp³-hybridized carbons (Fsp3) is 0.368. The summed E-state index contributed by atoms with van der Waals surface area (Å²) in [7, 11) is 1.48. The van der Waals surface area contributed by atoms with Crippen molar-refractivity contribution in [3.05, 3.63) is 35.4 Å². The number of nitriles is 1. The first-order valence-electron chi connectivity index (χ1n) is 8.99. The van der Waals surface area contributed by atoms with Crippen LogP contribution in [-0.2, 0) is 11.0 Å². The van der Waals surface area contributed by atoms with E-state index >= 15 is 0 Å². The van der Waals surface area contributed by atoms with Crippen LogP contribution in [0.4, 0.5) is 30.6 Å². The molecule has 0 spiro atoms. The highest BCUT2D eigenvalue weighted by molar-refractivity contribution is 5.97. The molecule has 30 heavy (non-hydrogen) atoms. The average molecular weight is 422 g/mol. The van der Waals surface area contributed by atoms with E-state index in [1.165, 1.54) is 31.0 Å². The van der Waals surface area contributed by atoms with Gasteiger partial charge in [0.1, 0.15) is 12.1 Å². The summed E-state index contributed by atoms with van der Waals surface area (Å²) >= 11 is 0. The standard InChI is InChI=1S/C19H21F3N6O2/c1-4-8-30-17-14(10-23)15(26-18(24)27-17)25-16(29)11(2)28(3)13-7-5-6-12(9-13)19(20,21)22/h5-7,9,11H,4,8H2,1-3H3,(H3,24,25,26,27,29)/t11-/m0/s1. The van der Waals surface area contributed by atoms with Crippen LogP contribution < -0.4 is 20.7 Å². The zero-order valence-electron chi connectivity index (χ0n) is 16.6. The number of benzene rings is 1. The van der Waals surface area contributed by atoms with Gasteiger partial charge in [-0.2, -0.15) is 28.4 Å². The summed E-state index contributed by atoms with van der Waals surface area (Å²) in [4.78, 5) is 21.8. The van der Waals surface area contributed by atoms with Crippen molar-refractivity contribution in [3.8, 4) is 11.9 Å². The first kappa shape index (κ1) is 22.7. The third kappa shape index (κ3) is 5.28. The van der Waals surface area contributed by atoms with Crippen LogP contribution in [0.2, 0.25) is 0 Å². The van der Waals surface area contributed by atoms with Crippen molar-refractivity contribution in [2.45, 2.75) is 32.5 Å². The molecule has 8 nitrogen and oxygen atoms in total. The number of nitrogens with zero attached hydrogens (tertiary/aromatic N) is 4. The van der Waals surface area contributed by atoms with Gasteiger partial charge in [0.05, 0.1) is 12.2 Å². The lowest BCUT2D eigenvalue weighted by atomic mass is 10.1. The third-order valence-corrected chi connectivity index (χ3v) is 4.23.